The second-order valence-electron chi connectivity index (χ2n) is 4.78. The minimum atomic E-state index is -0.488. The van der Waals surface area contributed by atoms with Gasteiger partial charge in [-0.25, -0.2) is 0 Å². The normalized spacial score (nSPS) is 9.67. The Kier molecular flexibility index (Phi) is 14.9. The Bertz CT molecular complexity index is 427. The molecule has 0 heterocycles. The van der Waals surface area contributed by atoms with Crippen LogP contribution in [0.15, 0.2) is 24.3 Å². The summed E-state index contributed by atoms with van der Waals surface area (Å²) in [5.41, 5.74) is 0.992. The van der Waals surface area contributed by atoms with E-state index in [9.17, 15) is 4.79 Å². The highest BCUT2D eigenvalue weighted by atomic mass is 16.5. The third kappa shape index (κ3) is 11.7. The van der Waals surface area contributed by atoms with Crippen LogP contribution in [0.25, 0.3) is 0 Å². The largest absolute Gasteiger partial charge is 0.494 e. The van der Waals surface area contributed by atoms with Gasteiger partial charge in [0.2, 0.25) is 5.91 Å². The lowest BCUT2D eigenvalue weighted by Gasteiger charge is -2.10. The number of benzene rings is 1. The summed E-state index contributed by atoms with van der Waals surface area (Å²) >= 11 is 0. The molecular formula is C18H32N2O4. The summed E-state index contributed by atoms with van der Waals surface area (Å²) in [6, 6.07) is 7.85. The fourth-order valence-electron chi connectivity index (χ4n) is 1.72. The standard InChI is InChI=1S/C16H26N2O4.C2H6/c1-2-3-9-22-15-6-4-5-14(12-15)17-7-10-21-11-8-18-16(20)13-19;1-2/h4-6,12,17,19H,2-3,7-11,13H2,1H3,(H,18,20);1-2H3. The third-order valence-corrected chi connectivity index (χ3v) is 2.89. The van der Waals surface area contributed by atoms with Gasteiger partial charge in [-0.2, -0.15) is 0 Å². The van der Waals surface area contributed by atoms with Gasteiger partial charge in [0.15, 0.2) is 0 Å². The SMILES string of the molecule is CC.CCCCOc1cccc(NCCOCCNC(=O)CO)c1. The van der Waals surface area contributed by atoms with Crippen LogP contribution < -0.4 is 15.4 Å². The van der Waals surface area contributed by atoms with Crippen LogP contribution in [0.2, 0.25) is 0 Å². The smallest absolute Gasteiger partial charge is 0.245 e. The Morgan fingerprint density at radius 2 is 1.92 bits per heavy atom. The highest BCUT2D eigenvalue weighted by molar-refractivity contribution is 5.76. The van der Waals surface area contributed by atoms with Crippen molar-refractivity contribution in [3.8, 4) is 5.75 Å². The van der Waals surface area contributed by atoms with E-state index in [-0.39, 0.29) is 5.91 Å². The van der Waals surface area contributed by atoms with Crippen molar-refractivity contribution in [3.63, 3.8) is 0 Å². The van der Waals surface area contributed by atoms with Crippen molar-refractivity contribution in [2.45, 2.75) is 33.6 Å². The molecule has 138 valence electrons. The number of nitrogens with one attached hydrogen (secondary N) is 2. The molecule has 6 nitrogen and oxygen atoms in total. The maximum Gasteiger partial charge on any atom is 0.245 e. The topological polar surface area (TPSA) is 79.8 Å². The average Bonchev–Trinajstić information content (AvgIpc) is 2.63. The number of anilines is 1. The van der Waals surface area contributed by atoms with Gasteiger partial charge in [0.25, 0.3) is 0 Å². The quantitative estimate of drug-likeness (QED) is 0.509. The molecule has 24 heavy (non-hydrogen) atoms. The van der Waals surface area contributed by atoms with Crippen LogP contribution >= 0.6 is 0 Å². The first-order valence-electron chi connectivity index (χ1n) is 8.68. The van der Waals surface area contributed by atoms with Gasteiger partial charge in [0.1, 0.15) is 12.4 Å². The Hall–Kier alpha value is -1.79. The van der Waals surface area contributed by atoms with Gasteiger partial charge in [0, 0.05) is 24.8 Å². The monoisotopic (exact) mass is 340 g/mol. The third-order valence-electron chi connectivity index (χ3n) is 2.89. The molecule has 0 bridgehead atoms. The number of carbonyl (C=O) groups excluding carboxylic acids is 1. The number of unbranched alkanes of at least 4 members (excludes halogenated alkanes) is 1. The highest BCUT2D eigenvalue weighted by Gasteiger charge is 1.98. The van der Waals surface area contributed by atoms with Gasteiger partial charge >= 0.3 is 0 Å². The molecule has 0 aromatic heterocycles. The van der Waals surface area contributed by atoms with E-state index in [4.69, 9.17) is 14.6 Å². The lowest BCUT2D eigenvalue weighted by molar-refractivity contribution is -0.124. The first-order chi connectivity index (χ1) is 11.8. The van der Waals surface area contributed by atoms with Crippen molar-refractivity contribution in [3.05, 3.63) is 24.3 Å². The minimum absolute atomic E-state index is 0.387. The molecule has 1 aromatic rings. The molecule has 3 N–H and O–H groups in total. The molecular weight excluding hydrogens is 308 g/mol. The van der Waals surface area contributed by atoms with Crippen LogP contribution in [-0.2, 0) is 9.53 Å². The van der Waals surface area contributed by atoms with Crippen LogP contribution in [-0.4, -0.2) is 50.5 Å². The Morgan fingerprint density at radius 1 is 1.17 bits per heavy atom. The number of rotatable bonds is 12. The molecule has 1 aromatic carbocycles. The molecule has 0 fully saturated rings. The van der Waals surface area contributed by atoms with Gasteiger partial charge in [-0.1, -0.05) is 33.3 Å². The van der Waals surface area contributed by atoms with E-state index < -0.39 is 6.61 Å². The average molecular weight is 340 g/mol. The van der Waals surface area contributed by atoms with Crippen molar-refractivity contribution >= 4 is 11.6 Å². The molecule has 0 unspecified atom stereocenters. The fourth-order valence-corrected chi connectivity index (χ4v) is 1.72. The molecule has 1 amide bonds. The minimum Gasteiger partial charge on any atom is -0.494 e. The van der Waals surface area contributed by atoms with Crippen molar-refractivity contribution in [1.29, 1.82) is 0 Å². The van der Waals surface area contributed by atoms with E-state index in [2.05, 4.69) is 17.6 Å². The van der Waals surface area contributed by atoms with Crippen molar-refractivity contribution < 1.29 is 19.4 Å². The number of ether oxygens (including phenoxy) is 2. The first kappa shape index (κ1) is 22.2. The lowest BCUT2D eigenvalue weighted by Crippen LogP contribution is -2.29. The summed E-state index contributed by atoms with van der Waals surface area (Å²) in [5.74, 6) is 0.479. The predicted octanol–water partition coefficient (Wildman–Crippen LogP) is 2.43. The van der Waals surface area contributed by atoms with E-state index in [0.29, 0.717) is 26.3 Å². The first-order valence-corrected chi connectivity index (χ1v) is 8.68. The Balaban J connectivity index is 0.00000254. The van der Waals surface area contributed by atoms with Gasteiger partial charge in [-0.3, -0.25) is 4.79 Å². The molecule has 0 spiro atoms. The van der Waals surface area contributed by atoms with E-state index in [1.54, 1.807) is 0 Å². The van der Waals surface area contributed by atoms with E-state index >= 15 is 0 Å². The molecule has 6 heteroatoms. The van der Waals surface area contributed by atoms with Crippen LogP contribution in [0, 0.1) is 0 Å². The molecule has 0 atom stereocenters. The van der Waals surface area contributed by atoms with Crippen molar-refractivity contribution in [1.82, 2.24) is 5.32 Å². The van der Waals surface area contributed by atoms with E-state index in [1.807, 2.05) is 38.1 Å². The number of amides is 1. The molecule has 0 aliphatic heterocycles. The van der Waals surface area contributed by atoms with Crippen LogP contribution in [0.1, 0.15) is 33.6 Å². The molecule has 0 aliphatic carbocycles. The van der Waals surface area contributed by atoms with Gasteiger partial charge in [-0.15, -0.1) is 0 Å². The van der Waals surface area contributed by atoms with Gasteiger partial charge in [0.05, 0.1) is 19.8 Å². The maximum absolute atomic E-state index is 10.8. The summed E-state index contributed by atoms with van der Waals surface area (Å²) in [5, 5.41) is 14.3. The predicted molar refractivity (Wildman–Crippen MR) is 97.6 cm³/mol. The zero-order chi connectivity index (χ0) is 18.0. The summed E-state index contributed by atoms with van der Waals surface area (Å²) in [7, 11) is 0. The number of aliphatic hydroxyl groups is 1. The van der Waals surface area contributed by atoms with Crippen LogP contribution in [0.5, 0.6) is 5.75 Å². The number of carbonyl (C=O) groups is 1. The summed E-state index contributed by atoms with van der Waals surface area (Å²) in [6.07, 6.45) is 2.17. The lowest BCUT2D eigenvalue weighted by atomic mass is 10.3. The molecule has 0 saturated carbocycles. The van der Waals surface area contributed by atoms with E-state index in [1.165, 1.54) is 0 Å². The maximum atomic E-state index is 10.8. The van der Waals surface area contributed by atoms with Crippen LogP contribution in [0.3, 0.4) is 0 Å². The number of hydrogen-bond donors (Lipinski definition) is 3. The Labute approximate surface area is 145 Å². The second kappa shape index (κ2) is 16.1. The fraction of sp³-hybridized carbons (Fsp3) is 0.611. The summed E-state index contributed by atoms with van der Waals surface area (Å²) < 4.78 is 11.0. The molecule has 0 aliphatic rings. The molecule has 0 radical (unpaired) electrons. The van der Waals surface area contributed by atoms with Crippen LogP contribution in [0.4, 0.5) is 5.69 Å². The van der Waals surface area contributed by atoms with Gasteiger partial charge in [-0.05, 0) is 18.6 Å². The zero-order valence-corrected chi connectivity index (χ0v) is 15.1. The Morgan fingerprint density at radius 3 is 2.62 bits per heavy atom. The number of aliphatic hydroxyl groups excluding tert-OH is 1. The second-order valence-corrected chi connectivity index (χ2v) is 4.78. The van der Waals surface area contributed by atoms with E-state index in [0.717, 1.165) is 30.9 Å². The highest BCUT2D eigenvalue weighted by Crippen LogP contribution is 2.17. The van der Waals surface area contributed by atoms with Crippen molar-refractivity contribution in [2.24, 2.45) is 0 Å². The molecule has 1 rings (SSSR count). The zero-order valence-electron chi connectivity index (χ0n) is 15.1. The summed E-state index contributed by atoms with van der Waals surface area (Å²) in [6.45, 7) is 8.42. The number of hydrogen-bond acceptors (Lipinski definition) is 5. The summed E-state index contributed by atoms with van der Waals surface area (Å²) in [4.78, 5) is 10.8. The van der Waals surface area contributed by atoms with Crippen molar-refractivity contribution in [2.75, 3.05) is 44.8 Å². The molecule has 0 saturated heterocycles. The van der Waals surface area contributed by atoms with Gasteiger partial charge < -0.3 is 25.2 Å².